The molecule has 3 rings (SSSR count). The summed E-state index contributed by atoms with van der Waals surface area (Å²) in [6.45, 7) is 6.08. The fourth-order valence-corrected chi connectivity index (χ4v) is 2.73. The van der Waals surface area contributed by atoms with Crippen molar-refractivity contribution in [1.82, 2.24) is 19.6 Å². The minimum Gasteiger partial charge on any atom is -0.309 e. The highest BCUT2D eigenvalue weighted by molar-refractivity contribution is 5.90. The van der Waals surface area contributed by atoms with Gasteiger partial charge in [0.1, 0.15) is 12.4 Å². The van der Waals surface area contributed by atoms with Crippen molar-refractivity contribution in [2.45, 2.75) is 27.3 Å². The van der Waals surface area contributed by atoms with Gasteiger partial charge in [-0.2, -0.15) is 10.2 Å². The van der Waals surface area contributed by atoms with E-state index in [4.69, 9.17) is 0 Å². The average molecular weight is 323 g/mol. The molecule has 0 aliphatic rings. The minimum atomic E-state index is -0.125. The molecule has 0 spiro atoms. The van der Waals surface area contributed by atoms with E-state index in [0.29, 0.717) is 5.82 Å². The summed E-state index contributed by atoms with van der Waals surface area (Å²) in [6.07, 6.45) is 0. The number of hydrogen-bond donors (Lipinski definition) is 1. The molecule has 0 aliphatic heterocycles. The first kappa shape index (κ1) is 16.0. The Morgan fingerprint density at radius 1 is 1.12 bits per heavy atom. The van der Waals surface area contributed by atoms with E-state index in [0.717, 1.165) is 28.2 Å². The van der Waals surface area contributed by atoms with E-state index in [2.05, 4.69) is 15.5 Å². The maximum absolute atomic E-state index is 12.3. The maximum Gasteiger partial charge on any atom is 0.247 e. The average Bonchev–Trinajstić information content (AvgIpc) is 3.02. The van der Waals surface area contributed by atoms with Gasteiger partial charge in [-0.05, 0) is 32.4 Å². The quantitative estimate of drug-likeness (QED) is 0.803. The number of aromatic nitrogens is 4. The zero-order valence-corrected chi connectivity index (χ0v) is 14.4. The molecule has 0 atom stereocenters. The van der Waals surface area contributed by atoms with Gasteiger partial charge in [-0.3, -0.25) is 14.2 Å². The number of rotatable bonds is 4. The monoisotopic (exact) mass is 323 g/mol. The van der Waals surface area contributed by atoms with Gasteiger partial charge in [-0.15, -0.1) is 0 Å². The molecule has 0 saturated carbocycles. The molecule has 2 aromatic heterocycles. The number of nitrogens with one attached hydrogen (secondary N) is 1. The normalized spacial score (nSPS) is 10.8. The number of aryl methyl sites for hydroxylation is 4. The fourth-order valence-electron chi connectivity index (χ4n) is 2.73. The molecule has 6 heteroatoms. The van der Waals surface area contributed by atoms with E-state index in [1.807, 2.05) is 64.2 Å². The molecule has 1 amide bonds. The Hall–Kier alpha value is -2.89. The van der Waals surface area contributed by atoms with Gasteiger partial charge in [-0.1, -0.05) is 24.3 Å². The Balaban J connectivity index is 1.77. The van der Waals surface area contributed by atoms with E-state index in [-0.39, 0.29) is 12.5 Å². The van der Waals surface area contributed by atoms with Crippen LogP contribution in [0.1, 0.15) is 17.0 Å². The van der Waals surface area contributed by atoms with Crippen molar-refractivity contribution in [3.63, 3.8) is 0 Å². The predicted molar refractivity (Wildman–Crippen MR) is 93.7 cm³/mol. The second-order valence-electron chi connectivity index (χ2n) is 5.99. The van der Waals surface area contributed by atoms with Crippen LogP contribution in [0.25, 0.3) is 11.3 Å². The van der Waals surface area contributed by atoms with Gasteiger partial charge < -0.3 is 5.32 Å². The third-order valence-electron chi connectivity index (χ3n) is 3.97. The zero-order chi connectivity index (χ0) is 17.3. The molecular weight excluding hydrogens is 302 g/mol. The Labute approximate surface area is 141 Å². The van der Waals surface area contributed by atoms with Crippen LogP contribution in [-0.2, 0) is 18.4 Å². The second kappa shape index (κ2) is 6.31. The van der Waals surface area contributed by atoms with Gasteiger partial charge >= 0.3 is 0 Å². The van der Waals surface area contributed by atoms with Gasteiger partial charge in [0, 0.05) is 24.4 Å². The van der Waals surface area contributed by atoms with E-state index in [1.165, 1.54) is 0 Å². The van der Waals surface area contributed by atoms with Crippen molar-refractivity contribution in [3.05, 3.63) is 53.3 Å². The summed E-state index contributed by atoms with van der Waals surface area (Å²) < 4.78 is 3.38. The Bertz CT molecular complexity index is 891. The smallest absolute Gasteiger partial charge is 0.247 e. The van der Waals surface area contributed by atoms with E-state index in [9.17, 15) is 4.79 Å². The summed E-state index contributed by atoms with van der Waals surface area (Å²) in [6, 6.07) is 11.9. The molecule has 2 heterocycles. The SMILES string of the molecule is Cc1cc(C)n(CC(=O)Nc2cc(-c3ccccc3C)nn2C)n1. The topological polar surface area (TPSA) is 64.7 Å². The van der Waals surface area contributed by atoms with E-state index in [1.54, 1.807) is 9.36 Å². The van der Waals surface area contributed by atoms with Crippen molar-refractivity contribution < 1.29 is 4.79 Å². The van der Waals surface area contributed by atoms with Crippen LogP contribution in [0.5, 0.6) is 0 Å². The van der Waals surface area contributed by atoms with Crippen LogP contribution in [0.3, 0.4) is 0 Å². The highest BCUT2D eigenvalue weighted by Crippen LogP contribution is 2.24. The summed E-state index contributed by atoms with van der Waals surface area (Å²) in [4.78, 5) is 12.3. The molecule has 0 unspecified atom stereocenters. The summed E-state index contributed by atoms with van der Waals surface area (Å²) in [5, 5.41) is 11.7. The first-order valence-corrected chi connectivity index (χ1v) is 7.85. The van der Waals surface area contributed by atoms with Crippen LogP contribution < -0.4 is 5.32 Å². The lowest BCUT2D eigenvalue weighted by Crippen LogP contribution is -2.21. The predicted octanol–water partition coefficient (Wildman–Crippen LogP) is 2.85. The Morgan fingerprint density at radius 2 is 1.88 bits per heavy atom. The molecule has 124 valence electrons. The van der Waals surface area contributed by atoms with E-state index >= 15 is 0 Å². The molecule has 0 radical (unpaired) electrons. The highest BCUT2D eigenvalue weighted by Gasteiger charge is 2.13. The van der Waals surface area contributed by atoms with Gasteiger partial charge in [0.2, 0.25) is 5.91 Å². The molecule has 0 bridgehead atoms. The van der Waals surface area contributed by atoms with Gasteiger partial charge in [0.05, 0.1) is 11.4 Å². The lowest BCUT2D eigenvalue weighted by atomic mass is 10.1. The van der Waals surface area contributed by atoms with Gasteiger partial charge in [0.15, 0.2) is 0 Å². The molecular formula is C18H21N5O. The highest BCUT2D eigenvalue weighted by atomic mass is 16.2. The lowest BCUT2D eigenvalue weighted by Gasteiger charge is -2.06. The number of carbonyl (C=O) groups excluding carboxylic acids is 1. The van der Waals surface area contributed by atoms with Crippen LogP contribution in [0.15, 0.2) is 36.4 Å². The van der Waals surface area contributed by atoms with E-state index < -0.39 is 0 Å². The number of anilines is 1. The summed E-state index contributed by atoms with van der Waals surface area (Å²) in [5.74, 6) is 0.542. The Kier molecular flexibility index (Phi) is 4.20. The third kappa shape index (κ3) is 3.22. The number of hydrogen-bond acceptors (Lipinski definition) is 3. The minimum absolute atomic E-state index is 0.125. The van der Waals surface area contributed by atoms with Gasteiger partial charge in [-0.25, -0.2) is 0 Å². The van der Waals surface area contributed by atoms with Crippen LogP contribution >= 0.6 is 0 Å². The van der Waals surface area contributed by atoms with Crippen molar-refractivity contribution in [2.75, 3.05) is 5.32 Å². The molecule has 3 aromatic rings. The van der Waals surface area contributed by atoms with Crippen LogP contribution in [0.4, 0.5) is 5.82 Å². The van der Waals surface area contributed by atoms with Crippen LogP contribution in [0.2, 0.25) is 0 Å². The largest absolute Gasteiger partial charge is 0.309 e. The number of nitrogens with zero attached hydrogens (tertiary/aromatic N) is 4. The van der Waals surface area contributed by atoms with Crippen LogP contribution in [-0.4, -0.2) is 25.5 Å². The number of carbonyl (C=O) groups is 1. The summed E-state index contributed by atoms with van der Waals surface area (Å²) in [7, 11) is 1.82. The summed E-state index contributed by atoms with van der Waals surface area (Å²) in [5.41, 5.74) is 4.93. The van der Waals surface area contributed by atoms with Crippen LogP contribution in [0, 0.1) is 20.8 Å². The molecule has 1 N–H and O–H groups in total. The first-order chi connectivity index (χ1) is 11.4. The molecule has 0 saturated heterocycles. The lowest BCUT2D eigenvalue weighted by molar-refractivity contribution is -0.117. The second-order valence-corrected chi connectivity index (χ2v) is 5.99. The molecule has 6 nitrogen and oxygen atoms in total. The van der Waals surface area contributed by atoms with Crippen molar-refractivity contribution >= 4 is 11.7 Å². The molecule has 0 aliphatic carbocycles. The molecule has 0 fully saturated rings. The third-order valence-corrected chi connectivity index (χ3v) is 3.97. The Morgan fingerprint density at radius 3 is 2.54 bits per heavy atom. The number of amides is 1. The fraction of sp³-hybridized carbons (Fsp3) is 0.278. The van der Waals surface area contributed by atoms with Crippen molar-refractivity contribution in [3.8, 4) is 11.3 Å². The number of benzene rings is 1. The first-order valence-electron chi connectivity index (χ1n) is 7.85. The van der Waals surface area contributed by atoms with Crippen molar-refractivity contribution in [2.24, 2.45) is 7.05 Å². The molecule has 1 aromatic carbocycles. The zero-order valence-electron chi connectivity index (χ0n) is 14.4. The molecule has 24 heavy (non-hydrogen) atoms. The maximum atomic E-state index is 12.3. The van der Waals surface area contributed by atoms with Gasteiger partial charge in [0.25, 0.3) is 0 Å². The standard InChI is InChI=1S/C18H21N5O/c1-12-7-5-6-8-15(12)16-10-17(22(4)21-16)19-18(24)11-23-14(3)9-13(2)20-23/h5-10H,11H2,1-4H3,(H,19,24). The van der Waals surface area contributed by atoms with Crippen molar-refractivity contribution in [1.29, 1.82) is 0 Å². The summed E-state index contributed by atoms with van der Waals surface area (Å²) >= 11 is 0.